The molecule has 5 nitrogen and oxygen atoms in total. The maximum absolute atomic E-state index is 10.8. The maximum atomic E-state index is 10.8. The average molecular weight is 236 g/mol. The van der Waals surface area contributed by atoms with Crippen LogP contribution in [-0.4, -0.2) is 18.1 Å². The first-order chi connectivity index (χ1) is 8.19. The quantitative estimate of drug-likeness (QED) is 0.644. The highest BCUT2D eigenvalue weighted by Gasteiger charge is 2.16. The van der Waals surface area contributed by atoms with Crippen molar-refractivity contribution in [1.29, 1.82) is 0 Å². The molecule has 92 valence electrons. The van der Waals surface area contributed by atoms with Crippen LogP contribution in [0.2, 0.25) is 0 Å². The number of nitro groups is 1. The van der Waals surface area contributed by atoms with Crippen LogP contribution in [0.1, 0.15) is 25.7 Å². The Kier molecular flexibility index (Phi) is 3.46. The van der Waals surface area contributed by atoms with E-state index in [2.05, 4.69) is 5.32 Å². The Labute approximate surface area is 99.9 Å². The summed E-state index contributed by atoms with van der Waals surface area (Å²) >= 11 is 0. The number of non-ortho nitro benzene ring substituents is 1. The minimum absolute atomic E-state index is 0.0600. The molecule has 1 aromatic rings. The number of nitrogens with one attached hydrogen (secondary N) is 1. The van der Waals surface area contributed by atoms with Crippen molar-refractivity contribution in [3.05, 3.63) is 28.3 Å². The normalized spacial score (nSPS) is 15.8. The summed E-state index contributed by atoms with van der Waals surface area (Å²) in [5, 5.41) is 14.1. The van der Waals surface area contributed by atoms with Gasteiger partial charge in [-0.15, -0.1) is 0 Å². The maximum Gasteiger partial charge on any atom is 0.275 e. The van der Waals surface area contributed by atoms with Crippen LogP contribution >= 0.6 is 0 Å². The Morgan fingerprint density at radius 3 is 2.65 bits per heavy atom. The van der Waals surface area contributed by atoms with E-state index in [1.54, 1.807) is 12.1 Å². The van der Waals surface area contributed by atoms with Crippen LogP contribution in [0.3, 0.4) is 0 Å². The van der Waals surface area contributed by atoms with Gasteiger partial charge < -0.3 is 10.1 Å². The standard InChI is InChI=1S/C12H16N2O3/c1-17-12-7-10(6-11(8-12)14(15)16)13-9-4-2-3-5-9/h6-9,13H,2-5H2,1H3. The zero-order chi connectivity index (χ0) is 12.3. The van der Waals surface area contributed by atoms with Crippen LogP contribution in [0.15, 0.2) is 18.2 Å². The summed E-state index contributed by atoms with van der Waals surface area (Å²) in [6, 6.07) is 5.22. The number of hydrogen-bond donors (Lipinski definition) is 1. The third-order valence-electron chi connectivity index (χ3n) is 3.06. The molecule has 0 aromatic heterocycles. The van der Waals surface area contributed by atoms with Gasteiger partial charge in [0.15, 0.2) is 0 Å². The van der Waals surface area contributed by atoms with Crippen molar-refractivity contribution in [3.8, 4) is 5.75 Å². The molecule has 0 spiro atoms. The van der Waals surface area contributed by atoms with Gasteiger partial charge in [-0.1, -0.05) is 12.8 Å². The SMILES string of the molecule is COc1cc(NC2CCCC2)cc([N+](=O)[O-])c1. The molecule has 0 aliphatic heterocycles. The molecular formula is C12H16N2O3. The summed E-state index contributed by atoms with van der Waals surface area (Å²) in [6.45, 7) is 0. The zero-order valence-electron chi connectivity index (χ0n) is 9.81. The highest BCUT2D eigenvalue weighted by atomic mass is 16.6. The van der Waals surface area contributed by atoms with E-state index in [9.17, 15) is 10.1 Å². The van der Waals surface area contributed by atoms with Crippen molar-refractivity contribution in [3.63, 3.8) is 0 Å². The molecule has 0 atom stereocenters. The molecule has 1 saturated carbocycles. The van der Waals surface area contributed by atoms with E-state index >= 15 is 0 Å². The minimum Gasteiger partial charge on any atom is -0.496 e. The number of nitrogens with zero attached hydrogens (tertiary/aromatic N) is 1. The van der Waals surface area contributed by atoms with Crippen molar-refractivity contribution in [2.45, 2.75) is 31.7 Å². The lowest BCUT2D eigenvalue weighted by molar-refractivity contribution is -0.384. The third kappa shape index (κ3) is 2.87. The second-order valence-corrected chi connectivity index (χ2v) is 4.30. The highest BCUT2D eigenvalue weighted by molar-refractivity contribution is 5.56. The number of methoxy groups -OCH3 is 1. The first-order valence-corrected chi connectivity index (χ1v) is 5.79. The first kappa shape index (κ1) is 11.7. The van der Waals surface area contributed by atoms with Crippen molar-refractivity contribution in [1.82, 2.24) is 0 Å². The number of rotatable bonds is 4. The van der Waals surface area contributed by atoms with Gasteiger partial charge >= 0.3 is 0 Å². The Hall–Kier alpha value is -1.78. The van der Waals surface area contributed by atoms with Crippen LogP contribution in [0.4, 0.5) is 11.4 Å². The van der Waals surface area contributed by atoms with Gasteiger partial charge in [0.25, 0.3) is 5.69 Å². The van der Waals surface area contributed by atoms with Crippen molar-refractivity contribution in [2.24, 2.45) is 0 Å². The molecule has 0 unspecified atom stereocenters. The van der Waals surface area contributed by atoms with Crippen LogP contribution in [-0.2, 0) is 0 Å². The zero-order valence-corrected chi connectivity index (χ0v) is 9.81. The largest absolute Gasteiger partial charge is 0.496 e. The Bertz CT molecular complexity index is 414. The molecule has 1 aromatic carbocycles. The van der Waals surface area contributed by atoms with E-state index in [1.807, 2.05) is 0 Å². The van der Waals surface area contributed by atoms with Crippen LogP contribution in [0.5, 0.6) is 5.75 Å². The van der Waals surface area contributed by atoms with E-state index < -0.39 is 4.92 Å². The fourth-order valence-corrected chi connectivity index (χ4v) is 2.20. The Balaban J connectivity index is 2.19. The second-order valence-electron chi connectivity index (χ2n) is 4.30. The van der Waals surface area contributed by atoms with E-state index in [-0.39, 0.29) is 5.69 Å². The lowest BCUT2D eigenvalue weighted by Crippen LogP contribution is -2.14. The van der Waals surface area contributed by atoms with Crippen molar-refractivity contribution >= 4 is 11.4 Å². The van der Waals surface area contributed by atoms with Gasteiger partial charge in [0.2, 0.25) is 0 Å². The molecule has 1 fully saturated rings. The molecule has 0 saturated heterocycles. The second kappa shape index (κ2) is 5.03. The monoisotopic (exact) mass is 236 g/mol. The number of benzene rings is 1. The van der Waals surface area contributed by atoms with Crippen molar-refractivity contribution < 1.29 is 9.66 Å². The van der Waals surface area contributed by atoms with Gasteiger partial charge in [0, 0.05) is 23.9 Å². The number of nitro benzene ring substituents is 1. The lowest BCUT2D eigenvalue weighted by Gasteiger charge is -2.14. The van der Waals surface area contributed by atoms with E-state index in [0.29, 0.717) is 11.8 Å². The smallest absolute Gasteiger partial charge is 0.275 e. The summed E-state index contributed by atoms with van der Waals surface area (Å²) in [5.74, 6) is 0.514. The lowest BCUT2D eigenvalue weighted by atomic mass is 10.2. The molecule has 5 heteroatoms. The predicted molar refractivity (Wildman–Crippen MR) is 65.5 cm³/mol. The molecule has 0 amide bonds. The fraction of sp³-hybridized carbons (Fsp3) is 0.500. The molecule has 1 aliphatic rings. The van der Waals surface area contributed by atoms with Crippen LogP contribution in [0, 0.1) is 10.1 Å². The van der Waals surface area contributed by atoms with E-state index in [1.165, 1.54) is 26.0 Å². The number of ether oxygens (including phenoxy) is 1. The molecule has 17 heavy (non-hydrogen) atoms. The van der Waals surface area contributed by atoms with Gasteiger partial charge in [-0.05, 0) is 12.8 Å². The van der Waals surface area contributed by atoms with Gasteiger partial charge in [-0.2, -0.15) is 0 Å². The van der Waals surface area contributed by atoms with Gasteiger partial charge in [0.05, 0.1) is 18.1 Å². The highest BCUT2D eigenvalue weighted by Crippen LogP contribution is 2.28. The number of anilines is 1. The van der Waals surface area contributed by atoms with Crippen LogP contribution < -0.4 is 10.1 Å². The summed E-state index contributed by atoms with van der Waals surface area (Å²) in [4.78, 5) is 10.4. The Morgan fingerprint density at radius 1 is 1.35 bits per heavy atom. The summed E-state index contributed by atoms with van der Waals surface area (Å²) in [6.07, 6.45) is 4.71. The van der Waals surface area contributed by atoms with Gasteiger partial charge in [0.1, 0.15) is 5.75 Å². The predicted octanol–water partition coefficient (Wildman–Crippen LogP) is 2.96. The first-order valence-electron chi connectivity index (χ1n) is 5.79. The minimum atomic E-state index is -0.400. The van der Waals surface area contributed by atoms with Crippen LogP contribution in [0.25, 0.3) is 0 Å². The molecule has 1 N–H and O–H groups in total. The van der Waals surface area contributed by atoms with Gasteiger partial charge in [-0.3, -0.25) is 10.1 Å². The summed E-state index contributed by atoms with van der Waals surface area (Å²) < 4.78 is 5.07. The molecule has 0 heterocycles. The van der Waals surface area contributed by atoms with Gasteiger partial charge in [-0.25, -0.2) is 0 Å². The van der Waals surface area contributed by atoms with Crippen molar-refractivity contribution in [2.75, 3.05) is 12.4 Å². The van der Waals surface area contributed by atoms with E-state index in [0.717, 1.165) is 18.5 Å². The molecule has 1 aliphatic carbocycles. The molecular weight excluding hydrogens is 220 g/mol. The fourth-order valence-electron chi connectivity index (χ4n) is 2.20. The molecule has 0 radical (unpaired) electrons. The summed E-state index contributed by atoms with van der Waals surface area (Å²) in [7, 11) is 1.51. The van der Waals surface area contributed by atoms with E-state index in [4.69, 9.17) is 4.74 Å². The number of hydrogen-bond acceptors (Lipinski definition) is 4. The Morgan fingerprint density at radius 2 is 2.06 bits per heavy atom. The molecule has 2 rings (SSSR count). The third-order valence-corrected chi connectivity index (χ3v) is 3.06. The topological polar surface area (TPSA) is 64.4 Å². The molecule has 0 bridgehead atoms. The average Bonchev–Trinajstić information content (AvgIpc) is 2.81. The summed E-state index contributed by atoms with van der Waals surface area (Å²) in [5.41, 5.74) is 0.827.